The Morgan fingerprint density at radius 3 is 2.87 bits per heavy atom. The quantitative estimate of drug-likeness (QED) is 0.539. The fourth-order valence-electron chi connectivity index (χ4n) is 4.08. The molecule has 1 aromatic heterocycles. The lowest BCUT2D eigenvalue weighted by atomic mass is 10.1. The zero-order chi connectivity index (χ0) is 21.6. The van der Waals surface area contributed by atoms with Gasteiger partial charge in [-0.15, -0.1) is 6.42 Å². The van der Waals surface area contributed by atoms with Gasteiger partial charge in [0.05, 0.1) is 12.1 Å². The molecule has 6 heteroatoms. The van der Waals surface area contributed by atoms with E-state index in [1.54, 1.807) is 24.3 Å². The Morgan fingerprint density at radius 1 is 1.26 bits per heavy atom. The number of benzene rings is 2. The molecule has 3 N–H and O–H groups in total. The molecule has 1 saturated heterocycles. The first-order valence-electron chi connectivity index (χ1n) is 10.6. The van der Waals surface area contributed by atoms with Crippen molar-refractivity contribution in [3.63, 3.8) is 0 Å². The summed E-state index contributed by atoms with van der Waals surface area (Å²) in [5.41, 5.74) is 2.86. The number of rotatable bonds is 6. The summed E-state index contributed by atoms with van der Waals surface area (Å²) in [6.07, 6.45) is 8.21. The SMILES string of the molecule is C#CCOc1ccc(C(=O)N[C@@H]2CN(Cc3c[nH]c4ccccc34)CCC[C@H]2O)cc1. The summed E-state index contributed by atoms with van der Waals surface area (Å²) in [5, 5.41) is 14.8. The summed E-state index contributed by atoms with van der Waals surface area (Å²) < 4.78 is 5.35. The Morgan fingerprint density at radius 2 is 2.06 bits per heavy atom. The first kappa shape index (κ1) is 21.0. The molecule has 0 radical (unpaired) electrons. The molecule has 3 aromatic rings. The van der Waals surface area contributed by atoms with E-state index < -0.39 is 6.10 Å². The highest BCUT2D eigenvalue weighted by atomic mass is 16.5. The number of H-pyrrole nitrogens is 1. The Bertz CT molecular complexity index is 1070. The summed E-state index contributed by atoms with van der Waals surface area (Å²) in [6.45, 7) is 2.43. The minimum Gasteiger partial charge on any atom is -0.481 e. The van der Waals surface area contributed by atoms with Crippen molar-refractivity contribution in [1.82, 2.24) is 15.2 Å². The Hall–Kier alpha value is -3.27. The van der Waals surface area contributed by atoms with Gasteiger partial charge in [-0.2, -0.15) is 0 Å². The standard InChI is InChI=1S/C25H27N3O3/c1-2-14-31-20-11-9-18(10-12-20)25(30)27-23-17-28(13-5-8-24(23)29)16-19-15-26-22-7-4-3-6-21(19)22/h1,3-4,6-7,9-12,15,23-24,26,29H,5,8,13-14,16-17H2,(H,27,30)/t23-,24-/m1/s1. The first-order chi connectivity index (χ1) is 15.1. The third kappa shape index (κ3) is 5.08. The van der Waals surface area contributed by atoms with Crippen molar-refractivity contribution in [3.8, 4) is 18.1 Å². The van der Waals surface area contributed by atoms with Crippen molar-refractivity contribution in [2.45, 2.75) is 31.5 Å². The van der Waals surface area contributed by atoms with Crippen LogP contribution in [0.25, 0.3) is 10.9 Å². The van der Waals surface area contributed by atoms with Crippen LogP contribution in [0.1, 0.15) is 28.8 Å². The number of nitrogens with zero attached hydrogens (tertiary/aromatic N) is 1. The number of fused-ring (bicyclic) bond motifs is 1. The Balaban J connectivity index is 1.42. The number of aliphatic hydroxyl groups excluding tert-OH is 1. The minimum atomic E-state index is -0.574. The van der Waals surface area contributed by atoms with Crippen LogP contribution in [-0.2, 0) is 6.54 Å². The minimum absolute atomic E-state index is 0.187. The first-order valence-corrected chi connectivity index (χ1v) is 10.6. The molecule has 6 nitrogen and oxygen atoms in total. The number of hydrogen-bond acceptors (Lipinski definition) is 4. The van der Waals surface area contributed by atoms with Crippen molar-refractivity contribution in [2.75, 3.05) is 19.7 Å². The van der Waals surface area contributed by atoms with Gasteiger partial charge >= 0.3 is 0 Å². The average molecular weight is 418 g/mol. The van der Waals surface area contributed by atoms with Gasteiger partial charge in [-0.05, 0) is 55.3 Å². The molecule has 0 unspecified atom stereocenters. The molecule has 2 atom stereocenters. The highest BCUT2D eigenvalue weighted by Gasteiger charge is 2.27. The number of terminal acetylenes is 1. The van der Waals surface area contributed by atoms with E-state index in [1.807, 2.05) is 18.3 Å². The van der Waals surface area contributed by atoms with E-state index in [0.717, 1.165) is 25.0 Å². The van der Waals surface area contributed by atoms with Crippen LogP contribution in [0.5, 0.6) is 5.75 Å². The molecule has 0 saturated carbocycles. The molecular weight excluding hydrogens is 390 g/mol. The number of carbonyl (C=O) groups is 1. The summed E-state index contributed by atoms with van der Waals surface area (Å²) in [4.78, 5) is 18.4. The predicted octanol–water partition coefficient (Wildman–Crippen LogP) is 2.94. The van der Waals surface area contributed by atoms with E-state index in [-0.39, 0.29) is 18.6 Å². The van der Waals surface area contributed by atoms with Gasteiger partial charge in [0.2, 0.25) is 0 Å². The van der Waals surface area contributed by atoms with Crippen LogP contribution in [0.4, 0.5) is 0 Å². The number of amides is 1. The topological polar surface area (TPSA) is 77.6 Å². The van der Waals surface area contributed by atoms with E-state index in [4.69, 9.17) is 11.2 Å². The molecule has 0 bridgehead atoms. The maximum absolute atomic E-state index is 12.8. The molecule has 1 amide bonds. The van der Waals surface area contributed by atoms with Crippen LogP contribution in [0.15, 0.2) is 54.7 Å². The third-order valence-corrected chi connectivity index (χ3v) is 5.72. The normalized spacial score (nSPS) is 19.5. The van der Waals surface area contributed by atoms with Gasteiger partial charge in [0, 0.05) is 35.8 Å². The van der Waals surface area contributed by atoms with E-state index >= 15 is 0 Å². The lowest BCUT2D eigenvalue weighted by Gasteiger charge is -2.27. The number of aliphatic hydroxyl groups is 1. The highest BCUT2D eigenvalue weighted by Crippen LogP contribution is 2.21. The number of ether oxygens (including phenoxy) is 1. The van der Waals surface area contributed by atoms with Gasteiger partial charge in [0.25, 0.3) is 5.91 Å². The predicted molar refractivity (Wildman–Crippen MR) is 121 cm³/mol. The van der Waals surface area contributed by atoms with Crippen LogP contribution in [-0.4, -0.2) is 52.7 Å². The third-order valence-electron chi connectivity index (χ3n) is 5.72. The zero-order valence-corrected chi connectivity index (χ0v) is 17.4. The van der Waals surface area contributed by atoms with Gasteiger partial charge in [0.1, 0.15) is 12.4 Å². The molecular formula is C25H27N3O3. The van der Waals surface area contributed by atoms with Gasteiger partial charge in [0.15, 0.2) is 0 Å². The largest absolute Gasteiger partial charge is 0.481 e. The van der Waals surface area contributed by atoms with E-state index in [2.05, 4.69) is 33.3 Å². The molecule has 160 valence electrons. The van der Waals surface area contributed by atoms with E-state index in [9.17, 15) is 9.90 Å². The van der Waals surface area contributed by atoms with E-state index in [1.165, 1.54) is 10.9 Å². The second-order valence-corrected chi connectivity index (χ2v) is 7.90. The second-order valence-electron chi connectivity index (χ2n) is 7.90. The lowest BCUT2D eigenvalue weighted by Crippen LogP contribution is -2.48. The number of likely N-dealkylation sites (tertiary alicyclic amines) is 1. The van der Waals surface area contributed by atoms with Crippen LogP contribution in [0.2, 0.25) is 0 Å². The smallest absolute Gasteiger partial charge is 0.251 e. The molecule has 1 aliphatic heterocycles. The molecule has 4 rings (SSSR count). The van der Waals surface area contributed by atoms with Gasteiger partial charge in [-0.25, -0.2) is 0 Å². The zero-order valence-electron chi connectivity index (χ0n) is 17.4. The number of aromatic amines is 1. The Labute approximate surface area is 182 Å². The molecule has 0 spiro atoms. The highest BCUT2D eigenvalue weighted by molar-refractivity contribution is 5.94. The number of carbonyl (C=O) groups excluding carboxylic acids is 1. The summed E-state index contributed by atoms with van der Waals surface area (Å²) in [6, 6.07) is 14.8. The maximum atomic E-state index is 12.8. The summed E-state index contributed by atoms with van der Waals surface area (Å²) in [5.74, 6) is 2.82. The average Bonchev–Trinajstić information content (AvgIpc) is 3.11. The van der Waals surface area contributed by atoms with Crippen molar-refractivity contribution >= 4 is 16.8 Å². The van der Waals surface area contributed by atoms with Gasteiger partial charge < -0.3 is 20.1 Å². The lowest BCUT2D eigenvalue weighted by molar-refractivity contribution is 0.0798. The fraction of sp³-hybridized carbons (Fsp3) is 0.320. The molecule has 2 heterocycles. The number of aromatic nitrogens is 1. The molecule has 0 aliphatic carbocycles. The van der Waals surface area contributed by atoms with Crippen LogP contribution in [0.3, 0.4) is 0 Å². The van der Waals surface area contributed by atoms with Crippen molar-refractivity contribution in [2.24, 2.45) is 0 Å². The summed E-state index contributed by atoms with van der Waals surface area (Å²) in [7, 11) is 0. The Kier molecular flexibility index (Phi) is 6.56. The molecule has 1 aliphatic rings. The second kappa shape index (κ2) is 9.69. The number of nitrogens with one attached hydrogen (secondary N) is 2. The van der Waals surface area contributed by atoms with E-state index in [0.29, 0.717) is 24.3 Å². The molecule has 1 fully saturated rings. The van der Waals surface area contributed by atoms with Crippen molar-refractivity contribution in [3.05, 3.63) is 65.9 Å². The summed E-state index contributed by atoms with van der Waals surface area (Å²) >= 11 is 0. The molecule has 31 heavy (non-hydrogen) atoms. The van der Waals surface area contributed by atoms with Crippen molar-refractivity contribution < 1.29 is 14.6 Å². The maximum Gasteiger partial charge on any atom is 0.251 e. The van der Waals surface area contributed by atoms with Crippen molar-refractivity contribution in [1.29, 1.82) is 0 Å². The van der Waals surface area contributed by atoms with Gasteiger partial charge in [-0.3, -0.25) is 9.69 Å². The van der Waals surface area contributed by atoms with Crippen LogP contribution < -0.4 is 10.1 Å². The molecule has 2 aromatic carbocycles. The number of hydrogen-bond donors (Lipinski definition) is 3. The van der Waals surface area contributed by atoms with Crippen LogP contribution in [0, 0.1) is 12.3 Å². The van der Waals surface area contributed by atoms with Crippen LogP contribution >= 0.6 is 0 Å². The monoisotopic (exact) mass is 417 g/mol. The van der Waals surface area contributed by atoms with Gasteiger partial charge in [-0.1, -0.05) is 24.1 Å². The number of para-hydroxylation sites is 1. The fourth-order valence-corrected chi connectivity index (χ4v) is 4.08.